The SMILES string of the molecule is O=C(C[n+]1ccc(Cc2ccccc2)cc1)c1ccc(Cl)s1. The van der Waals surface area contributed by atoms with Crippen LogP contribution in [0.3, 0.4) is 0 Å². The highest BCUT2D eigenvalue weighted by Crippen LogP contribution is 2.21. The van der Waals surface area contributed by atoms with E-state index in [2.05, 4.69) is 24.3 Å². The maximum Gasteiger partial charge on any atom is 0.237 e. The summed E-state index contributed by atoms with van der Waals surface area (Å²) in [4.78, 5) is 12.8. The number of hydrogen-bond acceptors (Lipinski definition) is 2. The molecule has 0 amide bonds. The van der Waals surface area contributed by atoms with Gasteiger partial charge in [0.05, 0.1) is 9.21 Å². The first kappa shape index (κ1) is 14.9. The van der Waals surface area contributed by atoms with Crippen LogP contribution in [-0.2, 0) is 13.0 Å². The van der Waals surface area contributed by atoms with E-state index in [1.165, 1.54) is 22.5 Å². The van der Waals surface area contributed by atoms with E-state index in [9.17, 15) is 4.79 Å². The Kier molecular flexibility index (Phi) is 4.66. The van der Waals surface area contributed by atoms with Crippen LogP contribution in [0, 0.1) is 0 Å². The van der Waals surface area contributed by atoms with Gasteiger partial charge in [0.15, 0.2) is 12.4 Å². The third-order valence-electron chi connectivity index (χ3n) is 3.39. The highest BCUT2D eigenvalue weighted by atomic mass is 35.5. The van der Waals surface area contributed by atoms with Crippen molar-refractivity contribution in [2.24, 2.45) is 0 Å². The smallest absolute Gasteiger partial charge is 0.237 e. The number of hydrogen-bond donors (Lipinski definition) is 0. The first-order chi connectivity index (χ1) is 10.7. The molecule has 0 saturated carbocycles. The van der Waals surface area contributed by atoms with Crippen molar-refractivity contribution in [3.8, 4) is 0 Å². The molecule has 2 heterocycles. The first-order valence-electron chi connectivity index (χ1n) is 7.01. The summed E-state index contributed by atoms with van der Waals surface area (Å²) in [5, 5.41) is 0. The van der Waals surface area contributed by atoms with Gasteiger partial charge in [-0.1, -0.05) is 41.9 Å². The predicted octanol–water partition coefficient (Wildman–Crippen LogP) is 4.16. The topological polar surface area (TPSA) is 20.9 Å². The lowest BCUT2D eigenvalue weighted by molar-refractivity contribution is -0.683. The fourth-order valence-corrected chi connectivity index (χ4v) is 3.22. The average molecular weight is 329 g/mol. The van der Waals surface area contributed by atoms with Gasteiger partial charge in [-0.3, -0.25) is 4.79 Å². The van der Waals surface area contributed by atoms with Crippen LogP contribution in [0.25, 0.3) is 0 Å². The van der Waals surface area contributed by atoms with Crippen LogP contribution in [0.4, 0.5) is 0 Å². The second-order valence-electron chi connectivity index (χ2n) is 5.07. The quantitative estimate of drug-likeness (QED) is 0.509. The van der Waals surface area contributed by atoms with E-state index >= 15 is 0 Å². The molecule has 0 radical (unpaired) electrons. The lowest BCUT2D eigenvalue weighted by atomic mass is 10.1. The molecule has 0 fully saturated rings. The fourth-order valence-electron chi connectivity index (χ4n) is 2.25. The van der Waals surface area contributed by atoms with Crippen molar-refractivity contribution in [3.05, 3.63) is 87.3 Å². The molecule has 2 nitrogen and oxygen atoms in total. The normalized spacial score (nSPS) is 10.6. The van der Waals surface area contributed by atoms with Gasteiger partial charge in [0.2, 0.25) is 12.3 Å². The fraction of sp³-hybridized carbons (Fsp3) is 0.111. The molecule has 3 rings (SSSR count). The number of Topliss-reactive ketones (excluding diaryl/α,β-unsaturated/α-hetero) is 1. The van der Waals surface area contributed by atoms with Gasteiger partial charge in [-0.05, 0) is 29.7 Å². The second-order valence-corrected chi connectivity index (χ2v) is 6.78. The molecule has 110 valence electrons. The first-order valence-corrected chi connectivity index (χ1v) is 8.20. The molecule has 3 aromatic rings. The minimum absolute atomic E-state index is 0.0812. The molecule has 2 aromatic heterocycles. The Morgan fingerprint density at radius 2 is 1.64 bits per heavy atom. The van der Waals surface area contributed by atoms with Crippen LogP contribution in [0.2, 0.25) is 4.34 Å². The Hall–Kier alpha value is -1.97. The highest BCUT2D eigenvalue weighted by Gasteiger charge is 2.14. The summed E-state index contributed by atoms with van der Waals surface area (Å²) < 4.78 is 2.54. The second kappa shape index (κ2) is 6.86. The van der Waals surface area contributed by atoms with Crippen molar-refractivity contribution in [1.82, 2.24) is 0 Å². The molecular weight excluding hydrogens is 314 g/mol. The number of aromatic nitrogens is 1. The molecule has 0 unspecified atom stereocenters. The summed E-state index contributed by atoms with van der Waals surface area (Å²) in [6, 6.07) is 18.0. The Morgan fingerprint density at radius 1 is 0.955 bits per heavy atom. The number of carbonyl (C=O) groups is 1. The minimum Gasteiger partial charge on any atom is -0.286 e. The average Bonchev–Trinajstić information content (AvgIpc) is 2.97. The summed E-state index contributed by atoms with van der Waals surface area (Å²) in [7, 11) is 0. The van der Waals surface area contributed by atoms with E-state index in [4.69, 9.17) is 11.6 Å². The molecule has 0 bridgehead atoms. The molecule has 0 saturated heterocycles. The van der Waals surface area contributed by atoms with Crippen molar-refractivity contribution in [2.45, 2.75) is 13.0 Å². The van der Waals surface area contributed by atoms with E-state index in [-0.39, 0.29) is 5.78 Å². The number of benzene rings is 1. The van der Waals surface area contributed by atoms with E-state index < -0.39 is 0 Å². The molecular formula is C18H15ClNOS+. The van der Waals surface area contributed by atoms with Crippen LogP contribution < -0.4 is 4.57 Å². The van der Waals surface area contributed by atoms with Crippen molar-refractivity contribution in [3.63, 3.8) is 0 Å². The Morgan fingerprint density at radius 3 is 2.27 bits per heavy atom. The van der Waals surface area contributed by atoms with Gasteiger partial charge >= 0.3 is 0 Å². The lowest BCUT2D eigenvalue weighted by Gasteiger charge is -2.01. The van der Waals surface area contributed by atoms with Gasteiger partial charge in [-0.25, -0.2) is 0 Å². The van der Waals surface area contributed by atoms with Crippen molar-refractivity contribution >= 4 is 28.7 Å². The number of carbonyl (C=O) groups excluding carboxylic acids is 1. The zero-order valence-electron chi connectivity index (χ0n) is 11.9. The summed E-state index contributed by atoms with van der Waals surface area (Å²) in [5.41, 5.74) is 2.51. The number of nitrogens with zero attached hydrogens (tertiary/aromatic N) is 1. The molecule has 0 aliphatic rings. The number of pyridine rings is 1. The maximum atomic E-state index is 12.1. The Bertz CT molecular complexity index is 765. The van der Waals surface area contributed by atoms with E-state index in [0.29, 0.717) is 15.8 Å². The van der Waals surface area contributed by atoms with Gasteiger partial charge in [0.25, 0.3) is 0 Å². The van der Waals surface area contributed by atoms with Crippen LogP contribution in [0.15, 0.2) is 67.0 Å². The maximum absolute atomic E-state index is 12.1. The van der Waals surface area contributed by atoms with Crippen molar-refractivity contribution < 1.29 is 9.36 Å². The van der Waals surface area contributed by atoms with Crippen LogP contribution >= 0.6 is 22.9 Å². The lowest BCUT2D eigenvalue weighted by Crippen LogP contribution is -2.36. The minimum atomic E-state index is 0.0812. The Balaban J connectivity index is 1.65. The zero-order valence-corrected chi connectivity index (χ0v) is 13.5. The molecule has 0 aliphatic carbocycles. The molecule has 1 aromatic carbocycles. The zero-order chi connectivity index (χ0) is 15.4. The molecule has 0 atom stereocenters. The van der Waals surface area contributed by atoms with Gasteiger partial charge in [-0.2, -0.15) is 4.57 Å². The number of ketones is 1. The summed E-state index contributed by atoms with van der Waals surface area (Å²) in [5.74, 6) is 0.0812. The van der Waals surface area contributed by atoms with Gasteiger partial charge in [-0.15, -0.1) is 11.3 Å². The predicted molar refractivity (Wildman–Crippen MR) is 89.5 cm³/mol. The largest absolute Gasteiger partial charge is 0.286 e. The van der Waals surface area contributed by atoms with Crippen LogP contribution in [0.5, 0.6) is 0 Å². The third-order valence-corrected chi connectivity index (χ3v) is 4.66. The van der Waals surface area contributed by atoms with Crippen molar-refractivity contribution in [2.75, 3.05) is 0 Å². The van der Waals surface area contributed by atoms with Gasteiger partial charge in [0.1, 0.15) is 0 Å². The van der Waals surface area contributed by atoms with E-state index in [1.54, 1.807) is 12.1 Å². The molecule has 0 N–H and O–H groups in total. The summed E-state index contributed by atoms with van der Waals surface area (Å²) in [6.07, 6.45) is 4.80. The van der Waals surface area contributed by atoms with E-state index in [0.717, 1.165) is 6.42 Å². The number of rotatable bonds is 5. The monoisotopic (exact) mass is 328 g/mol. The van der Waals surface area contributed by atoms with Gasteiger partial charge in [0, 0.05) is 12.1 Å². The van der Waals surface area contributed by atoms with E-state index in [1.807, 2.05) is 35.2 Å². The molecule has 22 heavy (non-hydrogen) atoms. The molecule has 0 aliphatic heterocycles. The van der Waals surface area contributed by atoms with Gasteiger partial charge < -0.3 is 0 Å². The molecule has 0 spiro atoms. The standard InChI is InChI=1S/C18H15ClNOS/c19-18-7-6-17(22-18)16(21)13-20-10-8-15(9-11-20)12-14-4-2-1-3-5-14/h1-11H,12-13H2/q+1. The highest BCUT2D eigenvalue weighted by molar-refractivity contribution is 7.18. The Labute approximate surface area is 138 Å². The van der Waals surface area contributed by atoms with Crippen LogP contribution in [-0.4, -0.2) is 5.78 Å². The number of halogens is 1. The number of thiophene rings is 1. The molecule has 4 heteroatoms. The van der Waals surface area contributed by atoms with Crippen LogP contribution in [0.1, 0.15) is 20.8 Å². The summed E-state index contributed by atoms with van der Waals surface area (Å²) >= 11 is 7.19. The summed E-state index contributed by atoms with van der Waals surface area (Å²) in [6.45, 7) is 0.336. The van der Waals surface area contributed by atoms with Crippen molar-refractivity contribution in [1.29, 1.82) is 0 Å². The third kappa shape index (κ3) is 3.81.